The molecule has 148 valence electrons. The Bertz CT molecular complexity index is 1030. The lowest BCUT2D eigenvalue weighted by molar-refractivity contribution is -0.137. The molecule has 0 atom stereocenters. The summed E-state index contributed by atoms with van der Waals surface area (Å²) in [4.78, 5) is 14.8. The van der Waals surface area contributed by atoms with Crippen LogP contribution in [0.1, 0.15) is 28.2 Å². The number of carbonyl (C=O) groups is 1. The van der Waals surface area contributed by atoms with Crippen LogP contribution >= 0.6 is 0 Å². The number of hydrogen-bond donors (Lipinski definition) is 1. The first kappa shape index (κ1) is 20.0. The molecular formula is C18H15F3N2O4S. The van der Waals surface area contributed by atoms with Gasteiger partial charge in [0.05, 0.1) is 16.2 Å². The van der Waals surface area contributed by atoms with Crippen LogP contribution in [0.3, 0.4) is 0 Å². The Morgan fingerprint density at radius 3 is 2.32 bits per heavy atom. The molecule has 0 amide bonds. The summed E-state index contributed by atoms with van der Waals surface area (Å²) >= 11 is 0. The van der Waals surface area contributed by atoms with E-state index in [0.29, 0.717) is 17.7 Å². The number of aromatic nitrogens is 1. The van der Waals surface area contributed by atoms with Gasteiger partial charge < -0.3 is 5.11 Å². The van der Waals surface area contributed by atoms with E-state index in [0.717, 1.165) is 28.6 Å². The zero-order chi connectivity index (χ0) is 20.5. The Kier molecular flexibility index (Phi) is 5.26. The molecule has 0 unspecified atom stereocenters. The van der Waals surface area contributed by atoms with Gasteiger partial charge >= 0.3 is 12.1 Å². The predicted molar refractivity (Wildman–Crippen MR) is 94.0 cm³/mol. The van der Waals surface area contributed by atoms with Gasteiger partial charge in [0, 0.05) is 13.1 Å². The molecule has 3 rings (SSSR count). The van der Waals surface area contributed by atoms with Gasteiger partial charge in [-0.05, 0) is 48.4 Å². The van der Waals surface area contributed by atoms with E-state index in [-0.39, 0.29) is 23.7 Å². The number of alkyl halides is 3. The average Bonchev–Trinajstić information content (AvgIpc) is 2.67. The summed E-state index contributed by atoms with van der Waals surface area (Å²) in [6.45, 7) is 0.117. The molecule has 0 bridgehead atoms. The van der Waals surface area contributed by atoms with Crippen LogP contribution in [-0.4, -0.2) is 41.9 Å². The minimum Gasteiger partial charge on any atom is -0.477 e. The maximum absolute atomic E-state index is 12.7. The average molecular weight is 412 g/mol. The Morgan fingerprint density at radius 2 is 1.79 bits per heavy atom. The molecule has 28 heavy (non-hydrogen) atoms. The highest BCUT2D eigenvalue weighted by Crippen LogP contribution is 2.31. The monoisotopic (exact) mass is 412 g/mol. The van der Waals surface area contributed by atoms with Crippen LogP contribution in [0, 0.1) is 0 Å². The minimum atomic E-state index is -4.54. The molecule has 0 fully saturated rings. The number of hydrogen-bond acceptors (Lipinski definition) is 4. The van der Waals surface area contributed by atoms with Crippen molar-refractivity contribution < 1.29 is 31.5 Å². The number of benzene rings is 1. The number of carboxylic acids is 1. The van der Waals surface area contributed by atoms with Crippen molar-refractivity contribution in [2.75, 3.05) is 13.1 Å². The van der Waals surface area contributed by atoms with Crippen LogP contribution in [0.5, 0.6) is 0 Å². The quantitative estimate of drug-likeness (QED) is 0.833. The van der Waals surface area contributed by atoms with E-state index in [2.05, 4.69) is 4.98 Å². The first-order valence-electron chi connectivity index (χ1n) is 8.16. The third kappa shape index (κ3) is 4.07. The van der Waals surface area contributed by atoms with Crippen LogP contribution in [0.2, 0.25) is 0 Å². The summed E-state index contributed by atoms with van der Waals surface area (Å²) in [6.07, 6.45) is -2.61. The zero-order valence-electron chi connectivity index (χ0n) is 14.3. The first-order valence-corrected chi connectivity index (χ1v) is 9.60. The molecule has 0 radical (unpaired) electrons. The summed E-state index contributed by atoms with van der Waals surface area (Å²) in [5.74, 6) is -1.16. The predicted octanol–water partition coefficient (Wildman–Crippen LogP) is 3.28. The lowest BCUT2D eigenvalue weighted by Crippen LogP contribution is -2.34. The van der Waals surface area contributed by atoms with Crippen molar-refractivity contribution >= 4 is 21.6 Å². The van der Waals surface area contributed by atoms with Crippen LogP contribution in [0.4, 0.5) is 13.2 Å². The molecule has 0 aliphatic carbocycles. The molecule has 1 aromatic heterocycles. The number of nitrogens with zero attached hydrogens (tertiary/aromatic N) is 2. The van der Waals surface area contributed by atoms with Gasteiger partial charge in [0.25, 0.3) is 0 Å². The second-order valence-electron chi connectivity index (χ2n) is 6.08. The molecule has 1 aliphatic rings. The lowest BCUT2D eigenvalue weighted by Gasteiger charge is -2.26. The maximum Gasteiger partial charge on any atom is 0.416 e. The van der Waals surface area contributed by atoms with Crippen LogP contribution in [-0.2, 0) is 16.2 Å². The first-order chi connectivity index (χ1) is 13.1. The van der Waals surface area contributed by atoms with Crippen molar-refractivity contribution in [2.24, 2.45) is 0 Å². The fourth-order valence-electron chi connectivity index (χ4n) is 2.80. The van der Waals surface area contributed by atoms with Gasteiger partial charge in [-0.1, -0.05) is 12.1 Å². The van der Waals surface area contributed by atoms with Crippen molar-refractivity contribution in [2.45, 2.75) is 17.5 Å². The topological polar surface area (TPSA) is 87.6 Å². The number of carboxylic acid groups (broad SMARTS) is 1. The summed E-state index contributed by atoms with van der Waals surface area (Å²) in [6, 6.07) is 7.90. The summed E-state index contributed by atoms with van der Waals surface area (Å²) in [7, 11) is -3.94. The molecular weight excluding hydrogens is 397 g/mol. The number of pyridine rings is 1. The fraction of sp³-hybridized carbons (Fsp3) is 0.222. The number of rotatable bonds is 4. The molecule has 0 saturated heterocycles. The highest BCUT2D eigenvalue weighted by Gasteiger charge is 2.32. The van der Waals surface area contributed by atoms with Crippen molar-refractivity contribution in [1.82, 2.24) is 9.29 Å². The Morgan fingerprint density at radius 1 is 1.11 bits per heavy atom. The third-order valence-electron chi connectivity index (χ3n) is 4.29. The minimum absolute atomic E-state index is 0.0116. The smallest absolute Gasteiger partial charge is 0.416 e. The summed E-state index contributed by atoms with van der Waals surface area (Å²) < 4.78 is 64.4. The molecule has 1 N–H and O–H groups in total. The second kappa shape index (κ2) is 7.36. The molecule has 2 aromatic rings. The molecule has 1 aromatic carbocycles. The van der Waals surface area contributed by atoms with Gasteiger partial charge in [-0.25, -0.2) is 18.2 Å². The standard InChI is InChI=1S/C18H15F3N2O4S/c19-18(20,21)13-4-6-14(7-5-13)28(26,27)23-10-8-12(9-11-23)15-2-1-3-16(22-15)17(24)25/h1-8H,9-11H2,(H,24,25). The summed E-state index contributed by atoms with van der Waals surface area (Å²) in [5.41, 5.74) is 0.128. The zero-order valence-corrected chi connectivity index (χ0v) is 15.2. The van der Waals surface area contributed by atoms with Crippen molar-refractivity contribution in [3.05, 3.63) is 65.5 Å². The van der Waals surface area contributed by atoms with Crippen LogP contribution in [0.25, 0.3) is 5.57 Å². The van der Waals surface area contributed by atoms with Crippen molar-refractivity contribution in [1.29, 1.82) is 0 Å². The normalized spacial score (nSPS) is 15.9. The molecule has 10 heteroatoms. The largest absolute Gasteiger partial charge is 0.477 e. The van der Waals surface area contributed by atoms with E-state index in [1.54, 1.807) is 18.2 Å². The van der Waals surface area contributed by atoms with Crippen LogP contribution in [0.15, 0.2) is 53.4 Å². The van der Waals surface area contributed by atoms with Gasteiger partial charge in [0.2, 0.25) is 10.0 Å². The lowest BCUT2D eigenvalue weighted by atomic mass is 10.1. The van der Waals surface area contributed by atoms with E-state index in [1.165, 1.54) is 6.07 Å². The van der Waals surface area contributed by atoms with Gasteiger partial charge in [-0.2, -0.15) is 17.5 Å². The van der Waals surface area contributed by atoms with Crippen molar-refractivity contribution in [3.8, 4) is 0 Å². The molecule has 6 nitrogen and oxygen atoms in total. The van der Waals surface area contributed by atoms with E-state index in [9.17, 15) is 26.4 Å². The van der Waals surface area contributed by atoms with E-state index in [4.69, 9.17) is 5.11 Å². The number of sulfonamides is 1. The highest BCUT2D eigenvalue weighted by molar-refractivity contribution is 7.89. The summed E-state index contributed by atoms with van der Waals surface area (Å²) in [5, 5.41) is 9.01. The molecule has 0 spiro atoms. The van der Waals surface area contributed by atoms with E-state index >= 15 is 0 Å². The van der Waals surface area contributed by atoms with E-state index in [1.807, 2.05) is 0 Å². The SMILES string of the molecule is O=C(O)c1cccc(C2=CCN(S(=O)(=O)c3ccc(C(F)(F)F)cc3)CC2)n1. The van der Waals surface area contributed by atoms with Gasteiger partial charge in [-0.3, -0.25) is 0 Å². The Hall–Kier alpha value is -2.72. The van der Waals surface area contributed by atoms with Gasteiger partial charge in [0.1, 0.15) is 5.69 Å². The molecule has 1 aliphatic heterocycles. The Balaban J connectivity index is 1.79. The maximum atomic E-state index is 12.7. The van der Waals surface area contributed by atoms with Gasteiger partial charge in [0.15, 0.2) is 0 Å². The highest BCUT2D eigenvalue weighted by atomic mass is 32.2. The molecule has 2 heterocycles. The van der Waals surface area contributed by atoms with E-state index < -0.39 is 27.7 Å². The number of aromatic carboxylic acids is 1. The Labute approximate surface area is 159 Å². The van der Waals surface area contributed by atoms with Gasteiger partial charge in [-0.15, -0.1) is 0 Å². The number of halogens is 3. The fourth-order valence-corrected chi connectivity index (χ4v) is 4.18. The third-order valence-corrected chi connectivity index (χ3v) is 6.17. The van der Waals surface area contributed by atoms with Crippen molar-refractivity contribution in [3.63, 3.8) is 0 Å². The van der Waals surface area contributed by atoms with Crippen LogP contribution < -0.4 is 0 Å². The molecule has 0 saturated carbocycles. The second-order valence-corrected chi connectivity index (χ2v) is 8.02.